The number of carboxylic acids is 1. The van der Waals surface area contributed by atoms with Crippen LogP contribution in [-0.4, -0.2) is 48.1 Å². The Bertz CT molecular complexity index is 435. The van der Waals surface area contributed by atoms with Crippen molar-refractivity contribution in [1.29, 1.82) is 0 Å². The first-order valence-corrected chi connectivity index (χ1v) is 5.93. The number of carboxylic acid groups (broad SMARTS) is 1. The van der Waals surface area contributed by atoms with Gasteiger partial charge < -0.3 is 25.4 Å². The number of rotatable bonds is 7. The van der Waals surface area contributed by atoms with E-state index < -0.39 is 18.2 Å². The van der Waals surface area contributed by atoms with Crippen molar-refractivity contribution >= 4 is 5.97 Å². The summed E-state index contributed by atoms with van der Waals surface area (Å²) in [5, 5.41) is 31.7. The molecule has 2 unspecified atom stereocenters. The fourth-order valence-corrected chi connectivity index (χ4v) is 1.76. The van der Waals surface area contributed by atoms with Crippen LogP contribution in [0.15, 0.2) is 18.2 Å². The minimum atomic E-state index is -1.19. The smallest absolute Gasteiger partial charge is 0.335 e. The van der Waals surface area contributed by atoms with Gasteiger partial charge in [-0.05, 0) is 38.2 Å². The molecule has 0 fully saturated rings. The molecule has 0 bridgehead atoms. The second-order valence-corrected chi connectivity index (χ2v) is 4.17. The van der Waals surface area contributed by atoms with Crippen LogP contribution in [0.25, 0.3) is 0 Å². The molecule has 0 spiro atoms. The average molecular weight is 269 g/mol. The summed E-state index contributed by atoms with van der Waals surface area (Å²) in [4.78, 5) is 10.9. The number of aliphatic hydroxyl groups is 2. The number of hydrogen-bond donors (Lipinski definition) is 4. The Morgan fingerprint density at radius 1 is 1.42 bits per heavy atom. The third kappa shape index (κ3) is 3.92. The zero-order chi connectivity index (χ0) is 14.4. The molecule has 0 aromatic heterocycles. The van der Waals surface area contributed by atoms with Crippen molar-refractivity contribution in [1.82, 2.24) is 5.32 Å². The van der Waals surface area contributed by atoms with E-state index >= 15 is 0 Å². The third-order valence-electron chi connectivity index (χ3n) is 2.85. The molecule has 0 heterocycles. The highest BCUT2D eigenvalue weighted by atomic mass is 16.5. The topological polar surface area (TPSA) is 99.0 Å². The second-order valence-electron chi connectivity index (χ2n) is 4.17. The summed E-state index contributed by atoms with van der Waals surface area (Å²) in [5.74, 6) is -0.748. The van der Waals surface area contributed by atoms with Crippen LogP contribution in [0.3, 0.4) is 0 Å². The quantitative estimate of drug-likeness (QED) is 0.572. The second kappa shape index (κ2) is 7.08. The van der Waals surface area contributed by atoms with E-state index in [9.17, 15) is 15.0 Å². The fraction of sp³-hybridized carbons (Fsp3) is 0.462. The summed E-state index contributed by atoms with van der Waals surface area (Å²) in [6.07, 6.45) is -1.84. The van der Waals surface area contributed by atoms with Gasteiger partial charge in [-0.3, -0.25) is 0 Å². The molecule has 106 valence electrons. The Morgan fingerprint density at radius 2 is 2.11 bits per heavy atom. The van der Waals surface area contributed by atoms with E-state index in [-0.39, 0.29) is 11.1 Å². The maximum Gasteiger partial charge on any atom is 0.335 e. The molecule has 0 saturated heterocycles. The zero-order valence-corrected chi connectivity index (χ0v) is 11.0. The third-order valence-corrected chi connectivity index (χ3v) is 2.85. The number of ether oxygens (including phenoxy) is 1. The summed E-state index contributed by atoms with van der Waals surface area (Å²) in [5.41, 5.74) is 0.307. The number of hydrogen-bond acceptors (Lipinski definition) is 5. The van der Waals surface area contributed by atoms with Crippen molar-refractivity contribution in [2.24, 2.45) is 0 Å². The fourth-order valence-electron chi connectivity index (χ4n) is 1.76. The molecule has 0 amide bonds. The van der Waals surface area contributed by atoms with Crippen LogP contribution < -0.4 is 10.1 Å². The normalized spacial score (nSPS) is 13.9. The van der Waals surface area contributed by atoms with Gasteiger partial charge in [0.2, 0.25) is 0 Å². The van der Waals surface area contributed by atoms with Crippen LogP contribution in [0.4, 0.5) is 0 Å². The van der Waals surface area contributed by atoms with Crippen LogP contribution in [-0.2, 0) is 0 Å². The number of aliphatic hydroxyl groups excluding tert-OH is 2. The predicted molar refractivity (Wildman–Crippen MR) is 69.5 cm³/mol. The zero-order valence-electron chi connectivity index (χ0n) is 11.0. The molecule has 1 rings (SSSR count). The lowest BCUT2D eigenvalue weighted by molar-refractivity contribution is 0.0126. The van der Waals surface area contributed by atoms with E-state index in [1.807, 2.05) is 0 Å². The van der Waals surface area contributed by atoms with Gasteiger partial charge in [-0.2, -0.15) is 0 Å². The van der Waals surface area contributed by atoms with Gasteiger partial charge in [-0.25, -0.2) is 4.79 Å². The monoisotopic (exact) mass is 269 g/mol. The first kappa shape index (κ1) is 15.4. The van der Waals surface area contributed by atoms with Crippen molar-refractivity contribution in [2.45, 2.75) is 18.6 Å². The molecule has 1 aromatic rings. The van der Waals surface area contributed by atoms with Gasteiger partial charge in [0.25, 0.3) is 0 Å². The van der Waals surface area contributed by atoms with Gasteiger partial charge >= 0.3 is 5.97 Å². The number of benzene rings is 1. The molecule has 0 aliphatic heterocycles. The molecular formula is C13H19NO5. The summed E-state index contributed by atoms with van der Waals surface area (Å²) < 4.78 is 5.08. The van der Waals surface area contributed by atoms with Crippen LogP contribution in [0.5, 0.6) is 5.75 Å². The summed E-state index contributed by atoms with van der Waals surface area (Å²) in [6.45, 7) is 0.541. The van der Waals surface area contributed by atoms with Crippen molar-refractivity contribution in [3.05, 3.63) is 29.3 Å². The van der Waals surface area contributed by atoms with E-state index in [2.05, 4.69) is 5.32 Å². The molecule has 0 aliphatic rings. The maximum atomic E-state index is 10.9. The van der Waals surface area contributed by atoms with E-state index in [1.54, 1.807) is 7.05 Å². The number of aromatic carboxylic acids is 1. The van der Waals surface area contributed by atoms with E-state index in [4.69, 9.17) is 9.84 Å². The minimum Gasteiger partial charge on any atom is -0.496 e. The first-order valence-electron chi connectivity index (χ1n) is 5.93. The summed E-state index contributed by atoms with van der Waals surface area (Å²) in [7, 11) is 3.16. The lowest BCUT2D eigenvalue weighted by Gasteiger charge is -2.20. The predicted octanol–water partition coefficient (Wildman–Crippen LogP) is 0.397. The molecule has 19 heavy (non-hydrogen) atoms. The Balaban J connectivity index is 3.01. The van der Waals surface area contributed by atoms with E-state index in [1.165, 1.54) is 25.3 Å². The van der Waals surface area contributed by atoms with Gasteiger partial charge in [0.15, 0.2) is 0 Å². The number of methoxy groups -OCH3 is 1. The highest BCUT2D eigenvalue weighted by molar-refractivity contribution is 5.88. The Morgan fingerprint density at radius 3 is 2.63 bits per heavy atom. The molecule has 6 nitrogen and oxygen atoms in total. The molecule has 1 aromatic carbocycles. The Kier molecular flexibility index (Phi) is 5.75. The number of nitrogens with one attached hydrogen (secondary N) is 1. The lowest BCUT2D eigenvalue weighted by atomic mass is 9.99. The van der Waals surface area contributed by atoms with Crippen LogP contribution in [0.2, 0.25) is 0 Å². The molecule has 0 aliphatic carbocycles. The van der Waals surface area contributed by atoms with Gasteiger partial charge in [0, 0.05) is 5.56 Å². The summed E-state index contributed by atoms with van der Waals surface area (Å²) >= 11 is 0. The first-order chi connectivity index (χ1) is 9.01. The molecule has 0 radical (unpaired) electrons. The van der Waals surface area contributed by atoms with Crippen molar-refractivity contribution < 1.29 is 24.9 Å². The largest absolute Gasteiger partial charge is 0.496 e. The Labute approximate surface area is 111 Å². The van der Waals surface area contributed by atoms with E-state index in [0.717, 1.165) is 0 Å². The van der Waals surface area contributed by atoms with Gasteiger partial charge in [0.05, 0.1) is 18.8 Å². The van der Waals surface area contributed by atoms with Gasteiger partial charge in [-0.1, -0.05) is 0 Å². The number of carbonyl (C=O) groups is 1. The summed E-state index contributed by atoms with van der Waals surface area (Å²) in [6, 6.07) is 4.17. The molecule has 2 atom stereocenters. The molecule has 4 N–H and O–H groups in total. The molecule has 0 saturated carbocycles. The van der Waals surface area contributed by atoms with Crippen LogP contribution in [0.1, 0.15) is 28.4 Å². The maximum absolute atomic E-state index is 10.9. The standard InChI is InChI=1S/C13H19NO5/c1-14-6-5-10(15)12(16)9-7-8(13(17)18)3-4-11(9)19-2/h3-4,7,10,12,14-16H,5-6H2,1-2H3,(H,17,18). The average Bonchev–Trinajstić information content (AvgIpc) is 2.42. The SMILES string of the molecule is CNCCC(O)C(O)c1cc(C(=O)O)ccc1OC. The highest BCUT2D eigenvalue weighted by Gasteiger charge is 2.22. The Hall–Kier alpha value is -1.63. The van der Waals surface area contributed by atoms with Crippen molar-refractivity contribution in [3.8, 4) is 5.75 Å². The van der Waals surface area contributed by atoms with Gasteiger partial charge in [0.1, 0.15) is 11.9 Å². The molecule has 6 heteroatoms. The van der Waals surface area contributed by atoms with E-state index in [0.29, 0.717) is 18.7 Å². The van der Waals surface area contributed by atoms with Crippen LogP contribution >= 0.6 is 0 Å². The van der Waals surface area contributed by atoms with Gasteiger partial charge in [-0.15, -0.1) is 0 Å². The lowest BCUT2D eigenvalue weighted by Crippen LogP contribution is -2.24. The molecular weight excluding hydrogens is 250 g/mol. The minimum absolute atomic E-state index is 0.0377. The van der Waals surface area contributed by atoms with Crippen LogP contribution in [0, 0.1) is 0 Å². The van der Waals surface area contributed by atoms with Crippen molar-refractivity contribution in [2.75, 3.05) is 20.7 Å². The van der Waals surface area contributed by atoms with Crippen molar-refractivity contribution in [3.63, 3.8) is 0 Å². The highest BCUT2D eigenvalue weighted by Crippen LogP contribution is 2.29.